The van der Waals surface area contributed by atoms with Crippen molar-refractivity contribution in [2.45, 2.75) is 20.0 Å². The van der Waals surface area contributed by atoms with Crippen LogP contribution >= 0.6 is 7.82 Å². The Morgan fingerprint density at radius 2 is 1.70 bits per heavy atom. The first kappa shape index (κ1) is 16.9. The van der Waals surface area contributed by atoms with Crippen LogP contribution in [0.15, 0.2) is 30.3 Å². The number of hydrogen-bond acceptors (Lipinski definition) is 6. The number of carbonyl (C=O) groups excluding carboxylic acids is 1. The minimum Gasteiger partial charge on any atom is -0.467 e. The van der Waals surface area contributed by atoms with Gasteiger partial charge in [-0.05, 0) is 19.4 Å². The summed E-state index contributed by atoms with van der Waals surface area (Å²) >= 11 is 0. The Morgan fingerprint density at radius 1 is 1.15 bits per heavy atom. The quantitative estimate of drug-likeness (QED) is 0.543. The second kappa shape index (κ2) is 8.17. The first-order valence-electron chi connectivity index (χ1n) is 6.26. The van der Waals surface area contributed by atoms with Gasteiger partial charge < -0.3 is 4.74 Å². The number of phosphoric acid groups is 1. The van der Waals surface area contributed by atoms with Crippen LogP contribution in [-0.4, -0.2) is 26.3 Å². The molecule has 7 heteroatoms. The van der Waals surface area contributed by atoms with Crippen LogP contribution in [0.4, 0.5) is 0 Å². The lowest BCUT2D eigenvalue weighted by Crippen LogP contribution is -2.18. The van der Waals surface area contributed by atoms with E-state index in [4.69, 9.17) is 13.6 Å². The Hall–Kier alpha value is -1.20. The smallest absolute Gasteiger partial charge is 0.467 e. The average molecular weight is 302 g/mol. The van der Waals surface area contributed by atoms with Crippen LogP contribution in [0.3, 0.4) is 0 Å². The molecule has 0 heterocycles. The molecule has 0 saturated carbocycles. The molecule has 0 N–H and O–H groups in total. The van der Waals surface area contributed by atoms with Gasteiger partial charge in [0, 0.05) is 0 Å². The molecular weight excluding hydrogens is 283 g/mol. The summed E-state index contributed by atoms with van der Waals surface area (Å²) in [5.74, 6) is -0.671. The van der Waals surface area contributed by atoms with Gasteiger partial charge in [0.25, 0.3) is 0 Å². The van der Waals surface area contributed by atoms with E-state index in [0.717, 1.165) is 0 Å². The first-order valence-corrected chi connectivity index (χ1v) is 7.72. The molecule has 1 aromatic rings. The summed E-state index contributed by atoms with van der Waals surface area (Å²) in [5.41, 5.74) is 0.513. The van der Waals surface area contributed by atoms with Gasteiger partial charge in [0.15, 0.2) is 6.10 Å². The Balaban J connectivity index is 3.00. The molecule has 20 heavy (non-hydrogen) atoms. The standard InChI is InChI=1S/C13H19O6P/c1-4-17-20(15,18-5-2)19-12(13(14)16-3)11-9-7-6-8-10-11/h6-10,12H,4-5H2,1-3H3. The molecule has 0 aromatic heterocycles. The first-order chi connectivity index (χ1) is 9.56. The van der Waals surface area contributed by atoms with E-state index in [2.05, 4.69) is 4.74 Å². The van der Waals surface area contributed by atoms with Crippen molar-refractivity contribution >= 4 is 13.8 Å². The highest BCUT2D eigenvalue weighted by atomic mass is 31.2. The van der Waals surface area contributed by atoms with Gasteiger partial charge in [0.1, 0.15) is 0 Å². The molecule has 112 valence electrons. The van der Waals surface area contributed by atoms with Crippen LogP contribution in [0.1, 0.15) is 25.5 Å². The van der Waals surface area contributed by atoms with Gasteiger partial charge in [0.2, 0.25) is 0 Å². The van der Waals surface area contributed by atoms with Gasteiger partial charge >= 0.3 is 13.8 Å². The fraction of sp³-hybridized carbons (Fsp3) is 0.462. The largest absolute Gasteiger partial charge is 0.475 e. The van der Waals surface area contributed by atoms with E-state index in [-0.39, 0.29) is 13.2 Å². The minimum absolute atomic E-state index is 0.139. The van der Waals surface area contributed by atoms with Gasteiger partial charge in [-0.25, -0.2) is 9.36 Å². The molecule has 0 aliphatic rings. The van der Waals surface area contributed by atoms with Crippen LogP contribution < -0.4 is 0 Å². The molecule has 1 rings (SSSR count). The molecular formula is C13H19O6P. The molecule has 1 aromatic carbocycles. The molecule has 0 spiro atoms. The monoisotopic (exact) mass is 302 g/mol. The Bertz CT molecular complexity index is 451. The molecule has 1 atom stereocenters. The topological polar surface area (TPSA) is 71.1 Å². The van der Waals surface area contributed by atoms with Crippen LogP contribution in [0.5, 0.6) is 0 Å². The summed E-state index contributed by atoms with van der Waals surface area (Å²) in [6.07, 6.45) is -1.16. The summed E-state index contributed by atoms with van der Waals surface area (Å²) < 4.78 is 32.3. The molecule has 1 unspecified atom stereocenters. The lowest BCUT2D eigenvalue weighted by Gasteiger charge is -2.22. The zero-order valence-corrected chi connectivity index (χ0v) is 12.7. The number of esters is 1. The van der Waals surface area contributed by atoms with Gasteiger partial charge in [0.05, 0.1) is 20.3 Å². The van der Waals surface area contributed by atoms with E-state index >= 15 is 0 Å². The van der Waals surface area contributed by atoms with Crippen LogP contribution in [-0.2, 0) is 27.7 Å². The summed E-state index contributed by atoms with van der Waals surface area (Å²) in [4.78, 5) is 11.8. The van der Waals surface area contributed by atoms with Crippen LogP contribution in [0, 0.1) is 0 Å². The van der Waals surface area contributed by atoms with E-state index < -0.39 is 19.9 Å². The molecule has 0 amide bonds. The van der Waals surface area contributed by atoms with Crippen LogP contribution in [0.25, 0.3) is 0 Å². The molecule has 0 bridgehead atoms. The number of hydrogen-bond donors (Lipinski definition) is 0. The predicted molar refractivity (Wildman–Crippen MR) is 73.1 cm³/mol. The summed E-state index contributed by atoms with van der Waals surface area (Å²) in [5, 5.41) is 0. The lowest BCUT2D eigenvalue weighted by atomic mass is 10.1. The third kappa shape index (κ3) is 4.72. The van der Waals surface area contributed by atoms with E-state index in [1.165, 1.54) is 7.11 Å². The van der Waals surface area contributed by atoms with Crippen molar-refractivity contribution in [1.29, 1.82) is 0 Å². The van der Waals surface area contributed by atoms with E-state index in [0.29, 0.717) is 5.56 Å². The third-order valence-corrected chi connectivity index (χ3v) is 3.94. The molecule has 0 saturated heterocycles. The zero-order chi connectivity index (χ0) is 15.0. The van der Waals surface area contributed by atoms with Crippen molar-refractivity contribution in [2.24, 2.45) is 0 Å². The average Bonchev–Trinajstić information content (AvgIpc) is 2.45. The zero-order valence-electron chi connectivity index (χ0n) is 11.8. The SMILES string of the molecule is CCOP(=O)(OCC)OC(C(=O)OC)c1ccccc1. The second-order valence-electron chi connectivity index (χ2n) is 3.70. The van der Waals surface area contributed by atoms with Crippen molar-refractivity contribution < 1.29 is 27.7 Å². The number of methoxy groups -OCH3 is 1. The number of benzene rings is 1. The Morgan fingerprint density at radius 3 is 2.15 bits per heavy atom. The van der Waals surface area contributed by atoms with Crippen molar-refractivity contribution in [1.82, 2.24) is 0 Å². The van der Waals surface area contributed by atoms with E-state index in [1.807, 2.05) is 0 Å². The van der Waals surface area contributed by atoms with Gasteiger partial charge in [-0.3, -0.25) is 13.6 Å². The molecule has 0 aliphatic carbocycles. The predicted octanol–water partition coefficient (Wildman–Crippen LogP) is 3.10. The number of ether oxygens (including phenoxy) is 1. The minimum atomic E-state index is -3.81. The van der Waals surface area contributed by atoms with Crippen LogP contribution in [0.2, 0.25) is 0 Å². The lowest BCUT2D eigenvalue weighted by molar-refractivity contribution is -0.150. The Kier molecular flexibility index (Phi) is 6.88. The summed E-state index contributed by atoms with van der Waals surface area (Å²) in [6.45, 7) is 3.59. The van der Waals surface area contributed by atoms with Gasteiger partial charge in [-0.1, -0.05) is 30.3 Å². The highest BCUT2D eigenvalue weighted by Gasteiger charge is 2.35. The maximum atomic E-state index is 12.3. The maximum Gasteiger partial charge on any atom is 0.475 e. The van der Waals surface area contributed by atoms with Gasteiger partial charge in [-0.2, -0.15) is 0 Å². The number of rotatable bonds is 8. The van der Waals surface area contributed by atoms with Gasteiger partial charge in [-0.15, -0.1) is 0 Å². The van der Waals surface area contributed by atoms with Crippen molar-refractivity contribution in [3.63, 3.8) is 0 Å². The van der Waals surface area contributed by atoms with Crippen molar-refractivity contribution in [3.8, 4) is 0 Å². The fourth-order valence-corrected chi connectivity index (χ4v) is 2.81. The maximum absolute atomic E-state index is 12.3. The Labute approximate surface area is 118 Å². The third-order valence-electron chi connectivity index (χ3n) is 2.33. The van der Waals surface area contributed by atoms with Crippen molar-refractivity contribution in [3.05, 3.63) is 35.9 Å². The second-order valence-corrected chi connectivity index (χ2v) is 5.32. The summed E-state index contributed by atoms with van der Waals surface area (Å²) in [6, 6.07) is 8.61. The number of carbonyl (C=O) groups is 1. The normalized spacial score (nSPS) is 12.9. The molecule has 6 nitrogen and oxygen atoms in total. The molecule has 0 aliphatic heterocycles. The number of phosphoric ester groups is 1. The van der Waals surface area contributed by atoms with Crippen molar-refractivity contribution in [2.75, 3.05) is 20.3 Å². The fourth-order valence-electron chi connectivity index (χ4n) is 1.52. The highest BCUT2D eigenvalue weighted by Crippen LogP contribution is 2.53. The summed E-state index contributed by atoms with van der Waals surface area (Å²) in [7, 11) is -2.58. The molecule has 0 radical (unpaired) electrons. The van der Waals surface area contributed by atoms with E-state index in [9.17, 15) is 9.36 Å². The highest BCUT2D eigenvalue weighted by molar-refractivity contribution is 7.48. The molecule has 0 fully saturated rings. The van der Waals surface area contributed by atoms with E-state index in [1.54, 1.807) is 44.2 Å².